The third-order valence-corrected chi connectivity index (χ3v) is 5.01. The molecule has 3 rings (SSSR count). The normalized spacial score (nSPS) is 14.8. The molecular weight excluding hydrogens is 422 g/mol. The van der Waals surface area contributed by atoms with Gasteiger partial charge in [-0.05, 0) is 18.2 Å². The second kappa shape index (κ2) is 8.16. The Hall–Kier alpha value is -3.18. The standard InChI is InChI=1S/C20H19F4N3O4/c1-27-18(29)12-4-3-5-15(14(12)9-25-27)26-17(19(30,10-28)20(22,23)24)13-7-6-11(21)8-16(13)31-2/h3-9,17,26,28,30H,10H2,1-2H3. The highest BCUT2D eigenvalue weighted by molar-refractivity contribution is 5.92. The number of nitrogens with zero attached hydrogens (tertiary/aromatic N) is 2. The van der Waals surface area contributed by atoms with Gasteiger partial charge in [0.15, 0.2) is 0 Å². The van der Waals surface area contributed by atoms with Crippen molar-refractivity contribution in [2.24, 2.45) is 7.05 Å². The van der Waals surface area contributed by atoms with Crippen LogP contribution in [0.25, 0.3) is 10.8 Å². The quantitative estimate of drug-likeness (QED) is 0.509. The van der Waals surface area contributed by atoms with Gasteiger partial charge in [-0.3, -0.25) is 4.79 Å². The highest BCUT2D eigenvalue weighted by Crippen LogP contribution is 2.44. The highest BCUT2D eigenvalue weighted by atomic mass is 19.4. The summed E-state index contributed by atoms with van der Waals surface area (Å²) in [4.78, 5) is 12.3. The summed E-state index contributed by atoms with van der Waals surface area (Å²) in [6.07, 6.45) is -4.00. The number of hydrogen-bond acceptors (Lipinski definition) is 6. The van der Waals surface area contributed by atoms with Crippen molar-refractivity contribution >= 4 is 16.5 Å². The number of alkyl halides is 3. The molecule has 0 spiro atoms. The average Bonchev–Trinajstić information content (AvgIpc) is 2.73. The summed E-state index contributed by atoms with van der Waals surface area (Å²) in [6, 6.07) is 5.06. The number of methoxy groups -OCH3 is 1. The number of nitrogens with one attached hydrogen (secondary N) is 1. The topological polar surface area (TPSA) is 96.6 Å². The van der Waals surface area contributed by atoms with Crippen molar-refractivity contribution < 1.29 is 32.5 Å². The zero-order valence-electron chi connectivity index (χ0n) is 16.4. The number of anilines is 1. The van der Waals surface area contributed by atoms with E-state index in [0.717, 1.165) is 30.0 Å². The van der Waals surface area contributed by atoms with Crippen LogP contribution in [0, 0.1) is 5.82 Å². The number of aliphatic hydroxyl groups is 2. The Morgan fingerprint density at radius 2 is 1.94 bits per heavy atom. The molecule has 2 atom stereocenters. The first-order valence-corrected chi connectivity index (χ1v) is 8.98. The Kier molecular flexibility index (Phi) is 5.92. The van der Waals surface area contributed by atoms with Crippen molar-refractivity contribution in [3.63, 3.8) is 0 Å². The minimum absolute atomic E-state index is 0.0372. The molecule has 2 unspecified atom stereocenters. The van der Waals surface area contributed by atoms with E-state index in [4.69, 9.17) is 4.74 Å². The lowest BCUT2D eigenvalue weighted by Gasteiger charge is -2.38. The summed E-state index contributed by atoms with van der Waals surface area (Å²) >= 11 is 0. The van der Waals surface area contributed by atoms with Crippen LogP contribution in [0.1, 0.15) is 11.6 Å². The monoisotopic (exact) mass is 441 g/mol. The van der Waals surface area contributed by atoms with Gasteiger partial charge < -0.3 is 20.3 Å². The third kappa shape index (κ3) is 3.93. The molecule has 0 bridgehead atoms. The van der Waals surface area contributed by atoms with E-state index in [1.165, 1.54) is 31.4 Å². The maximum atomic E-state index is 13.9. The maximum Gasteiger partial charge on any atom is 0.421 e. The molecule has 7 nitrogen and oxygen atoms in total. The minimum Gasteiger partial charge on any atom is -0.496 e. The molecule has 0 amide bonds. The highest BCUT2D eigenvalue weighted by Gasteiger charge is 2.59. The fraction of sp³-hybridized carbons (Fsp3) is 0.300. The van der Waals surface area contributed by atoms with E-state index in [-0.39, 0.29) is 27.8 Å². The largest absolute Gasteiger partial charge is 0.496 e. The number of fused-ring (bicyclic) bond motifs is 1. The van der Waals surface area contributed by atoms with Gasteiger partial charge in [0.05, 0.1) is 31.3 Å². The van der Waals surface area contributed by atoms with Crippen molar-refractivity contribution in [3.05, 3.63) is 64.3 Å². The molecule has 0 aliphatic heterocycles. The summed E-state index contributed by atoms with van der Waals surface area (Å²) in [5, 5.41) is 26.9. The SMILES string of the molecule is COc1cc(F)ccc1C(Nc1cccc2c(=O)n(C)ncc12)C(O)(CO)C(F)(F)F. The minimum atomic E-state index is -5.28. The molecule has 0 aliphatic carbocycles. The van der Waals surface area contributed by atoms with Crippen LogP contribution in [0.3, 0.4) is 0 Å². The molecule has 0 radical (unpaired) electrons. The average molecular weight is 441 g/mol. The molecule has 0 saturated carbocycles. The van der Waals surface area contributed by atoms with E-state index in [1.807, 2.05) is 0 Å². The maximum absolute atomic E-state index is 13.9. The molecule has 11 heteroatoms. The van der Waals surface area contributed by atoms with Gasteiger partial charge >= 0.3 is 6.18 Å². The van der Waals surface area contributed by atoms with Gasteiger partial charge in [-0.15, -0.1) is 0 Å². The van der Waals surface area contributed by atoms with E-state index in [9.17, 15) is 32.6 Å². The van der Waals surface area contributed by atoms with Crippen molar-refractivity contribution in [1.82, 2.24) is 9.78 Å². The Bertz CT molecular complexity index is 1170. The number of aromatic nitrogens is 2. The molecule has 1 aromatic heterocycles. The zero-order chi connectivity index (χ0) is 23.0. The van der Waals surface area contributed by atoms with E-state index in [0.29, 0.717) is 0 Å². The van der Waals surface area contributed by atoms with Crippen LogP contribution in [-0.2, 0) is 7.05 Å². The second-order valence-electron chi connectivity index (χ2n) is 6.88. The fourth-order valence-corrected chi connectivity index (χ4v) is 3.27. The molecule has 0 saturated heterocycles. The number of rotatable bonds is 6. The van der Waals surface area contributed by atoms with Gasteiger partial charge in [0.1, 0.15) is 11.6 Å². The molecule has 3 N–H and O–H groups in total. The van der Waals surface area contributed by atoms with Crippen LogP contribution >= 0.6 is 0 Å². The van der Waals surface area contributed by atoms with Crippen LogP contribution in [0.15, 0.2) is 47.4 Å². The smallest absolute Gasteiger partial charge is 0.421 e. The third-order valence-electron chi connectivity index (χ3n) is 5.01. The lowest BCUT2D eigenvalue weighted by atomic mass is 9.87. The van der Waals surface area contributed by atoms with E-state index >= 15 is 0 Å². The van der Waals surface area contributed by atoms with Gasteiger partial charge in [-0.2, -0.15) is 18.3 Å². The Labute approximate surface area is 173 Å². The number of benzene rings is 2. The fourth-order valence-electron chi connectivity index (χ4n) is 3.27. The lowest BCUT2D eigenvalue weighted by molar-refractivity contribution is -0.277. The molecular formula is C20H19F4N3O4. The number of aliphatic hydroxyl groups excluding tert-OH is 1. The van der Waals surface area contributed by atoms with Crippen LogP contribution in [0.2, 0.25) is 0 Å². The molecule has 166 valence electrons. The molecule has 0 fully saturated rings. The van der Waals surface area contributed by atoms with Gasteiger partial charge in [-0.25, -0.2) is 9.07 Å². The molecule has 3 aromatic rings. The van der Waals surface area contributed by atoms with Gasteiger partial charge in [0, 0.05) is 29.8 Å². The van der Waals surface area contributed by atoms with Crippen LogP contribution in [-0.4, -0.2) is 45.5 Å². The first-order chi connectivity index (χ1) is 14.5. The lowest BCUT2D eigenvalue weighted by Crippen LogP contribution is -2.55. The number of halogens is 4. The Morgan fingerprint density at radius 3 is 2.55 bits per heavy atom. The summed E-state index contributed by atoms with van der Waals surface area (Å²) in [7, 11) is 2.55. The van der Waals surface area contributed by atoms with Gasteiger partial charge in [0.2, 0.25) is 5.60 Å². The number of aryl methyl sites for hydroxylation is 1. The first-order valence-electron chi connectivity index (χ1n) is 8.98. The summed E-state index contributed by atoms with van der Waals surface area (Å²) in [5.41, 5.74) is -4.37. The van der Waals surface area contributed by atoms with Crippen molar-refractivity contribution in [3.8, 4) is 5.75 Å². The second-order valence-corrected chi connectivity index (χ2v) is 6.88. The predicted molar refractivity (Wildman–Crippen MR) is 104 cm³/mol. The number of hydrogen-bond donors (Lipinski definition) is 3. The molecule has 31 heavy (non-hydrogen) atoms. The van der Waals surface area contributed by atoms with E-state index in [2.05, 4.69) is 10.4 Å². The molecule has 1 heterocycles. The first kappa shape index (κ1) is 22.5. The summed E-state index contributed by atoms with van der Waals surface area (Å²) in [5.74, 6) is -1.04. The van der Waals surface area contributed by atoms with E-state index < -0.39 is 35.8 Å². The molecule has 2 aromatic carbocycles. The van der Waals surface area contributed by atoms with Crippen LogP contribution < -0.4 is 15.6 Å². The van der Waals surface area contributed by atoms with Crippen molar-refractivity contribution in [1.29, 1.82) is 0 Å². The zero-order valence-corrected chi connectivity index (χ0v) is 16.4. The number of ether oxygens (including phenoxy) is 1. The summed E-state index contributed by atoms with van der Waals surface area (Å²) in [6.45, 7) is -1.69. The van der Waals surface area contributed by atoms with Crippen molar-refractivity contribution in [2.45, 2.75) is 17.8 Å². The van der Waals surface area contributed by atoms with Gasteiger partial charge in [0.25, 0.3) is 5.56 Å². The van der Waals surface area contributed by atoms with E-state index in [1.54, 1.807) is 0 Å². The molecule has 0 aliphatic rings. The van der Waals surface area contributed by atoms with Gasteiger partial charge in [-0.1, -0.05) is 12.1 Å². The Morgan fingerprint density at radius 1 is 1.23 bits per heavy atom. The predicted octanol–water partition coefficient (Wildman–Crippen LogP) is 2.52. The van der Waals surface area contributed by atoms with Crippen LogP contribution in [0.5, 0.6) is 5.75 Å². The Balaban J connectivity index is 2.25. The van der Waals surface area contributed by atoms with Crippen LogP contribution in [0.4, 0.5) is 23.2 Å². The van der Waals surface area contributed by atoms with Crippen molar-refractivity contribution in [2.75, 3.05) is 19.0 Å². The summed E-state index contributed by atoms with van der Waals surface area (Å²) < 4.78 is 61.3.